The van der Waals surface area contributed by atoms with E-state index in [0.29, 0.717) is 26.2 Å². The Morgan fingerprint density at radius 3 is 2.44 bits per heavy atom. The first-order chi connectivity index (χ1) is 21.1. The maximum Gasteiger partial charge on any atom is 0.137 e. The van der Waals surface area contributed by atoms with Gasteiger partial charge in [0.1, 0.15) is 23.3 Å². The topological polar surface area (TPSA) is 80.3 Å². The maximum absolute atomic E-state index is 11.7. The fourth-order valence-corrected chi connectivity index (χ4v) is 6.47. The molecular weight excluding hydrogens is 562 g/mol. The predicted molar refractivity (Wildman–Crippen MR) is 169 cm³/mol. The monoisotopic (exact) mass is 600 g/mol. The Bertz CT molecular complexity index is 1480. The molecule has 1 aliphatic heterocycles. The van der Waals surface area contributed by atoms with E-state index in [4.69, 9.17) is 18.9 Å². The quantitative estimate of drug-likeness (QED) is 0.167. The summed E-state index contributed by atoms with van der Waals surface area (Å²) in [6.45, 7) is 1.62. The van der Waals surface area contributed by atoms with Crippen molar-refractivity contribution in [1.29, 1.82) is 0 Å². The van der Waals surface area contributed by atoms with Crippen molar-refractivity contribution in [3.05, 3.63) is 102 Å². The van der Waals surface area contributed by atoms with Crippen LogP contribution < -0.4 is 19.3 Å². The van der Waals surface area contributed by atoms with E-state index >= 15 is 0 Å². The number of carbonyl (C=O) groups is 1. The molecule has 8 heteroatoms. The van der Waals surface area contributed by atoms with Crippen molar-refractivity contribution >= 4 is 28.6 Å². The number of methoxy groups -OCH3 is 2. The number of benzene rings is 4. The van der Waals surface area contributed by atoms with Gasteiger partial charge in [0, 0.05) is 35.5 Å². The second-order valence-electron chi connectivity index (χ2n) is 10.6. The largest absolute Gasteiger partial charge is 0.530 e. The van der Waals surface area contributed by atoms with E-state index in [1.165, 1.54) is 10.5 Å². The number of fused-ring (bicyclic) bond motifs is 1. The minimum atomic E-state index is -1.17. The van der Waals surface area contributed by atoms with Crippen LogP contribution in [0.1, 0.15) is 35.4 Å². The number of rotatable bonds is 13. The van der Waals surface area contributed by atoms with Crippen molar-refractivity contribution in [2.45, 2.75) is 37.2 Å². The van der Waals surface area contributed by atoms with Crippen LogP contribution in [0.2, 0.25) is 0 Å². The van der Waals surface area contributed by atoms with Gasteiger partial charge in [0.05, 0.1) is 33.5 Å². The normalized spacial score (nSPS) is 16.7. The first-order valence-corrected chi connectivity index (χ1v) is 15.8. The first-order valence-electron chi connectivity index (χ1n) is 14.6. The lowest BCUT2D eigenvalue weighted by Crippen LogP contribution is -2.51. The summed E-state index contributed by atoms with van der Waals surface area (Å²) in [5, 5.41) is 13.6. The van der Waals surface area contributed by atoms with Crippen molar-refractivity contribution in [1.82, 2.24) is 4.90 Å². The zero-order valence-electron chi connectivity index (χ0n) is 24.7. The van der Waals surface area contributed by atoms with Crippen molar-refractivity contribution in [2.24, 2.45) is 0 Å². The zero-order valence-corrected chi connectivity index (χ0v) is 25.5. The van der Waals surface area contributed by atoms with E-state index in [0.717, 1.165) is 57.1 Å². The number of thioether (sulfide) groups is 1. The van der Waals surface area contributed by atoms with Crippen LogP contribution in [0.3, 0.4) is 0 Å². The van der Waals surface area contributed by atoms with Gasteiger partial charge in [-0.1, -0.05) is 54.6 Å². The van der Waals surface area contributed by atoms with Gasteiger partial charge < -0.3 is 33.7 Å². The number of ether oxygens (including phenoxy) is 4. The van der Waals surface area contributed by atoms with E-state index in [2.05, 4.69) is 36.4 Å². The van der Waals surface area contributed by atoms with Crippen LogP contribution in [-0.4, -0.2) is 56.8 Å². The summed E-state index contributed by atoms with van der Waals surface area (Å²) in [6, 6.07) is 28.5. The maximum atomic E-state index is 11.7. The lowest BCUT2D eigenvalue weighted by atomic mass is 9.87. The SMILES string of the molecule is COc1cc(COC2CN(C(=O)[O-])CCC2c2ccc(OCCCSCc3ccccc3)cc2)cc2c(OC)cccc12. The Labute approximate surface area is 257 Å². The van der Waals surface area contributed by atoms with Gasteiger partial charge in [-0.15, -0.1) is 0 Å². The fourth-order valence-electron chi connectivity index (χ4n) is 5.57. The molecule has 0 aliphatic carbocycles. The van der Waals surface area contributed by atoms with Gasteiger partial charge >= 0.3 is 0 Å². The van der Waals surface area contributed by atoms with Crippen LogP contribution in [0.5, 0.6) is 17.2 Å². The van der Waals surface area contributed by atoms with Crippen molar-refractivity contribution in [3.8, 4) is 17.2 Å². The summed E-state index contributed by atoms with van der Waals surface area (Å²) >= 11 is 1.91. The smallest absolute Gasteiger partial charge is 0.137 e. The third-order valence-electron chi connectivity index (χ3n) is 7.82. The van der Waals surface area contributed by atoms with Crippen molar-refractivity contribution in [2.75, 3.05) is 39.7 Å². The zero-order chi connectivity index (χ0) is 30.0. The van der Waals surface area contributed by atoms with Crippen LogP contribution in [0.15, 0.2) is 84.9 Å². The molecule has 4 aromatic carbocycles. The molecule has 1 fully saturated rings. The highest BCUT2D eigenvalue weighted by Crippen LogP contribution is 2.36. The Kier molecular flexibility index (Phi) is 10.7. The van der Waals surface area contributed by atoms with Crippen LogP contribution in [0.4, 0.5) is 4.79 Å². The summed E-state index contributed by atoms with van der Waals surface area (Å²) in [7, 11) is 3.29. The number of likely N-dealkylation sites (tertiary alicyclic amines) is 1. The molecule has 1 heterocycles. The minimum absolute atomic E-state index is 0.0379. The Balaban J connectivity index is 1.20. The van der Waals surface area contributed by atoms with Crippen LogP contribution in [-0.2, 0) is 17.1 Å². The highest BCUT2D eigenvalue weighted by atomic mass is 32.2. The molecule has 2 unspecified atom stereocenters. The molecule has 4 aromatic rings. The summed E-state index contributed by atoms with van der Waals surface area (Å²) in [4.78, 5) is 13.0. The molecule has 0 spiro atoms. The number of hydrogen-bond acceptors (Lipinski definition) is 7. The van der Waals surface area contributed by atoms with Gasteiger partial charge in [0.15, 0.2) is 0 Å². The molecular formula is C35H38NO6S-. The van der Waals surface area contributed by atoms with Crippen LogP contribution >= 0.6 is 11.8 Å². The van der Waals surface area contributed by atoms with Gasteiger partial charge in [-0.25, -0.2) is 0 Å². The number of amides is 1. The van der Waals surface area contributed by atoms with E-state index < -0.39 is 6.09 Å². The Morgan fingerprint density at radius 2 is 1.70 bits per heavy atom. The van der Waals surface area contributed by atoms with E-state index in [9.17, 15) is 9.90 Å². The Morgan fingerprint density at radius 1 is 0.907 bits per heavy atom. The lowest BCUT2D eigenvalue weighted by molar-refractivity contribution is -0.268. The summed E-state index contributed by atoms with van der Waals surface area (Å²) < 4.78 is 23.7. The van der Waals surface area contributed by atoms with Gasteiger partial charge in [0.25, 0.3) is 0 Å². The van der Waals surface area contributed by atoms with E-state index in [1.54, 1.807) is 14.2 Å². The summed E-state index contributed by atoms with van der Waals surface area (Å²) in [5.74, 6) is 4.41. The van der Waals surface area contributed by atoms with Gasteiger partial charge in [-0.2, -0.15) is 11.8 Å². The molecule has 0 bridgehead atoms. The number of hydrogen-bond donors (Lipinski definition) is 0. The third kappa shape index (κ3) is 7.94. The van der Waals surface area contributed by atoms with Crippen LogP contribution in [0, 0.1) is 0 Å². The van der Waals surface area contributed by atoms with Gasteiger partial charge in [-0.05, 0) is 65.6 Å². The average molecular weight is 601 g/mol. The molecule has 1 aliphatic rings. The first kappa shape index (κ1) is 30.6. The summed E-state index contributed by atoms with van der Waals surface area (Å²) in [6.07, 6.45) is 0.114. The number of carboxylic acid groups (broad SMARTS) is 1. The molecule has 1 saturated heterocycles. The molecule has 5 rings (SSSR count). The number of piperidine rings is 1. The highest BCUT2D eigenvalue weighted by molar-refractivity contribution is 7.98. The predicted octanol–water partition coefficient (Wildman–Crippen LogP) is 6.28. The molecule has 0 aromatic heterocycles. The Hall–Kier alpha value is -3.88. The molecule has 226 valence electrons. The highest BCUT2D eigenvalue weighted by Gasteiger charge is 2.31. The van der Waals surface area contributed by atoms with Crippen molar-refractivity contribution in [3.63, 3.8) is 0 Å². The molecule has 7 nitrogen and oxygen atoms in total. The number of carbonyl (C=O) groups excluding carboxylic acids is 1. The van der Waals surface area contributed by atoms with Gasteiger partial charge in [0.2, 0.25) is 0 Å². The molecule has 0 N–H and O–H groups in total. The van der Waals surface area contributed by atoms with Gasteiger partial charge in [-0.3, -0.25) is 0 Å². The van der Waals surface area contributed by atoms with Crippen molar-refractivity contribution < 1.29 is 28.8 Å². The average Bonchev–Trinajstić information content (AvgIpc) is 3.05. The second kappa shape index (κ2) is 15.0. The number of nitrogens with zero attached hydrogens (tertiary/aromatic N) is 1. The molecule has 2 atom stereocenters. The molecule has 1 amide bonds. The fraction of sp³-hybridized carbons (Fsp3) is 0.343. The standard InChI is InChI=1S/C35H39NO6S/c1-39-32-11-6-10-30-31(32)20-26(21-33(30)40-2)23-42-34-22-36(35(37)38)17-16-29(34)27-12-14-28(15-13-27)41-18-7-19-43-24-25-8-4-3-5-9-25/h3-6,8-15,20-21,29,34H,7,16-19,22-24H2,1-2H3,(H,37,38)/p-1. The van der Waals surface area contributed by atoms with Crippen LogP contribution in [0.25, 0.3) is 10.8 Å². The van der Waals surface area contributed by atoms with E-state index in [-0.39, 0.29) is 18.6 Å². The van der Waals surface area contributed by atoms with E-state index in [1.807, 2.05) is 60.3 Å². The molecule has 0 radical (unpaired) electrons. The molecule has 0 saturated carbocycles. The molecule has 43 heavy (non-hydrogen) atoms. The lowest BCUT2D eigenvalue weighted by Gasteiger charge is -2.40. The minimum Gasteiger partial charge on any atom is -0.530 e. The third-order valence-corrected chi connectivity index (χ3v) is 8.94. The summed E-state index contributed by atoms with van der Waals surface area (Å²) in [5.41, 5.74) is 3.37. The second-order valence-corrected chi connectivity index (χ2v) is 11.7.